The molecule has 0 bridgehead atoms. The third-order valence-electron chi connectivity index (χ3n) is 3.74. The summed E-state index contributed by atoms with van der Waals surface area (Å²) in [6.45, 7) is 1.79. The second kappa shape index (κ2) is 7.14. The number of hydrogen-bond donors (Lipinski definition) is 1. The number of tetrazole rings is 1. The number of carbonyl (C=O) groups is 2. The van der Waals surface area contributed by atoms with Crippen molar-refractivity contribution in [2.75, 3.05) is 6.61 Å². The number of rotatable bonds is 6. The standard InChI is InChI=1S/C13H20N4O4/c1-2-21-13(20)10(12(18)19)8-11-14-15-16-17(11)9-6-4-3-5-7-9/h9-10H,2-8H2,1H3,(H,18,19). The molecular formula is C13H20N4O4. The molecule has 0 aliphatic heterocycles. The van der Waals surface area contributed by atoms with Crippen molar-refractivity contribution in [1.29, 1.82) is 0 Å². The lowest BCUT2D eigenvalue weighted by atomic mass is 9.95. The van der Waals surface area contributed by atoms with Gasteiger partial charge in [0.2, 0.25) is 0 Å². The molecule has 116 valence electrons. The van der Waals surface area contributed by atoms with Crippen LogP contribution >= 0.6 is 0 Å². The van der Waals surface area contributed by atoms with E-state index in [0.29, 0.717) is 5.82 Å². The zero-order valence-corrected chi connectivity index (χ0v) is 12.1. The smallest absolute Gasteiger partial charge is 0.320 e. The van der Waals surface area contributed by atoms with Gasteiger partial charge in [-0.05, 0) is 30.2 Å². The Labute approximate surface area is 122 Å². The van der Waals surface area contributed by atoms with Gasteiger partial charge in [0.1, 0.15) is 0 Å². The van der Waals surface area contributed by atoms with Gasteiger partial charge in [0.05, 0.1) is 12.6 Å². The highest BCUT2D eigenvalue weighted by atomic mass is 16.5. The van der Waals surface area contributed by atoms with E-state index >= 15 is 0 Å². The lowest BCUT2D eigenvalue weighted by Crippen LogP contribution is -2.30. The zero-order valence-electron chi connectivity index (χ0n) is 12.1. The van der Waals surface area contributed by atoms with Crippen LogP contribution in [0.4, 0.5) is 0 Å². The molecule has 0 radical (unpaired) electrons. The van der Waals surface area contributed by atoms with Crippen LogP contribution < -0.4 is 0 Å². The first kappa shape index (κ1) is 15.4. The average molecular weight is 296 g/mol. The monoisotopic (exact) mass is 296 g/mol. The summed E-state index contributed by atoms with van der Waals surface area (Å²) in [5, 5.41) is 20.7. The molecule has 1 aliphatic carbocycles. The Hall–Kier alpha value is -1.99. The van der Waals surface area contributed by atoms with Crippen LogP contribution in [0.2, 0.25) is 0 Å². The fraction of sp³-hybridized carbons (Fsp3) is 0.769. The first-order valence-corrected chi connectivity index (χ1v) is 7.29. The van der Waals surface area contributed by atoms with Gasteiger partial charge in [-0.3, -0.25) is 9.59 Å². The molecule has 8 heteroatoms. The van der Waals surface area contributed by atoms with E-state index in [1.54, 1.807) is 11.6 Å². The van der Waals surface area contributed by atoms with E-state index < -0.39 is 17.9 Å². The van der Waals surface area contributed by atoms with Crippen molar-refractivity contribution < 1.29 is 19.4 Å². The second-order valence-electron chi connectivity index (χ2n) is 5.18. The third kappa shape index (κ3) is 3.77. The van der Waals surface area contributed by atoms with E-state index in [2.05, 4.69) is 15.5 Å². The summed E-state index contributed by atoms with van der Waals surface area (Å²) in [4.78, 5) is 23.0. The molecule has 8 nitrogen and oxygen atoms in total. The molecule has 1 aliphatic rings. The van der Waals surface area contributed by atoms with Gasteiger partial charge in [0, 0.05) is 6.42 Å². The predicted octanol–water partition coefficient (Wildman–Crippen LogP) is 0.985. The van der Waals surface area contributed by atoms with Crippen LogP contribution in [-0.4, -0.2) is 43.9 Å². The Morgan fingerprint density at radius 2 is 2.10 bits per heavy atom. The van der Waals surface area contributed by atoms with Crippen LogP contribution in [0.5, 0.6) is 0 Å². The average Bonchev–Trinajstić information content (AvgIpc) is 2.93. The third-order valence-corrected chi connectivity index (χ3v) is 3.74. The SMILES string of the molecule is CCOC(=O)C(Cc1nnnn1C1CCCCC1)C(=O)O. The maximum absolute atomic E-state index is 11.7. The molecule has 1 N–H and O–H groups in total. The molecule has 2 rings (SSSR count). The van der Waals surface area contributed by atoms with E-state index in [0.717, 1.165) is 25.7 Å². The Bertz CT molecular complexity index is 496. The minimum atomic E-state index is -1.27. The Balaban J connectivity index is 2.12. The minimum Gasteiger partial charge on any atom is -0.481 e. The number of carboxylic acid groups (broad SMARTS) is 1. The number of nitrogens with zero attached hydrogens (tertiary/aromatic N) is 4. The number of esters is 1. The van der Waals surface area contributed by atoms with Crippen molar-refractivity contribution in [2.24, 2.45) is 5.92 Å². The van der Waals surface area contributed by atoms with Crippen molar-refractivity contribution >= 4 is 11.9 Å². The maximum atomic E-state index is 11.7. The van der Waals surface area contributed by atoms with Gasteiger partial charge < -0.3 is 9.84 Å². The number of hydrogen-bond acceptors (Lipinski definition) is 6. The Morgan fingerprint density at radius 3 is 2.71 bits per heavy atom. The molecule has 1 aromatic heterocycles. The minimum absolute atomic E-state index is 0.0440. The molecule has 0 spiro atoms. The van der Waals surface area contributed by atoms with Crippen molar-refractivity contribution in [1.82, 2.24) is 20.2 Å². The fourth-order valence-electron chi connectivity index (χ4n) is 2.65. The van der Waals surface area contributed by atoms with Gasteiger partial charge in [-0.25, -0.2) is 4.68 Å². The maximum Gasteiger partial charge on any atom is 0.320 e. The molecule has 1 unspecified atom stereocenters. The van der Waals surface area contributed by atoms with Gasteiger partial charge in [-0.2, -0.15) is 0 Å². The quantitative estimate of drug-likeness (QED) is 0.616. The summed E-state index contributed by atoms with van der Waals surface area (Å²) in [6.07, 6.45) is 5.35. The molecule has 0 amide bonds. The van der Waals surface area contributed by atoms with Crippen molar-refractivity contribution in [3.63, 3.8) is 0 Å². The van der Waals surface area contributed by atoms with E-state index in [1.165, 1.54) is 6.42 Å². The summed E-state index contributed by atoms with van der Waals surface area (Å²) in [5.41, 5.74) is 0. The summed E-state index contributed by atoms with van der Waals surface area (Å²) >= 11 is 0. The van der Waals surface area contributed by atoms with E-state index in [-0.39, 0.29) is 19.1 Å². The molecular weight excluding hydrogens is 276 g/mol. The lowest BCUT2D eigenvalue weighted by molar-refractivity contribution is -0.158. The number of carbonyl (C=O) groups excluding carboxylic acids is 1. The van der Waals surface area contributed by atoms with Gasteiger partial charge in [-0.15, -0.1) is 5.10 Å². The number of aliphatic carboxylic acids is 1. The predicted molar refractivity (Wildman–Crippen MR) is 71.4 cm³/mol. The lowest BCUT2D eigenvalue weighted by Gasteiger charge is -2.22. The highest BCUT2D eigenvalue weighted by Crippen LogP contribution is 2.28. The number of aromatic nitrogens is 4. The van der Waals surface area contributed by atoms with Crippen LogP contribution in [0.1, 0.15) is 50.9 Å². The summed E-state index contributed by atoms with van der Waals surface area (Å²) < 4.78 is 6.48. The van der Waals surface area contributed by atoms with Gasteiger partial charge >= 0.3 is 11.9 Å². The topological polar surface area (TPSA) is 107 Å². The van der Waals surface area contributed by atoms with Crippen LogP contribution in [0.15, 0.2) is 0 Å². The zero-order chi connectivity index (χ0) is 15.2. The molecule has 1 heterocycles. The summed E-state index contributed by atoms with van der Waals surface area (Å²) in [6, 6.07) is 0.195. The highest BCUT2D eigenvalue weighted by Gasteiger charge is 2.31. The van der Waals surface area contributed by atoms with E-state index in [9.17, 15) is 14.7 Å². The fourth-order valence-corrected chi connectivity index (χ4v) is 2.65. The van der Waals surface area contributed by atoms with Crippen LogP contribution in [-0.2, 0) is 20.7 Å². The summed E-state index contributed by atoms with van der Waals surface area (Å²) in [7, 11) is 0. The highest BCUT2D eigenvalue weighted by molar-refractivity contribution is 5.94. The van der Waals surface area contributed by atoms with Gasteiger partial charge in [0.15, 0.2) is 11.7 Å². The molecule has 21 heavy (non-hydrogen) atoms. The first-order chi connectivity index (χ1) is 10.1. The first-order valence-electron chi connectivity index (χ1n) is 7.29. The molecule has 1 saturated carbocycles. The van der Waals surface area contributed by atoms with E-state index in [1.807, 2.05) is 0 Å². The van der Waals surface area contributed by atoms with E-state index in [4.69, 9.17) is 4.74 Å². The van der Waals surface area contributed by atoms with Crippen LogP contribution in [0, 0.1) is 5.92 Å². The molecule has 1 aromatic rings. The molecule has 0 aromatic carbocycles. The Kier molecular flexibility index (Phi) is 5.24. The number of carboxylic acids is 1. The summed E-state index contributed by atoms with van der Waals surface area (Å²) in [5.74, 6) is -2.80. The van der Waals surface area contributed by atoms with Crippen molar-refractivity contribution in [3.05, 3.63) is 5.82 Å². The van der Waals surface area contributed by atoms with Crippen molar-refractivity contribution in [3.8, 4) is 0 Å². The molecule has 0 saturated heterocycles. The van der Waals surface area contributed by atoms with Gasteiger partial charge in [-0.1, -0.05) is 19.3 Å². The molecule has 1 atom stereocenters. The second-order valence-corrected chi connectivity index (χ2v) is 5.18. The number of ether oxygens (including phenoxy) is 1. The van der Waals surface area contributed by atoms with Gasteiger partial charge in [0.25, 0.3) is 0 Å². The van der Waals surface area contributed by atoms with Crippen LogP contribution in [0.25, 0.3) is 0 Å². The van der Waals surface area contributed by atoms with Crippen molar-refractivity contribution in [2.45, 2.75) is 51.5 Å². The molecule has 1 fully saturated rings. The Morgan fingerprint density at radius 1 is 1.38 bits per heavy atom. The largest absolute Gasteiger partial charge is 0.481 e. The normalized spacial score (nSPS) is 17.4. The van der Waals surface area contributed by atoms with Crippen LogP contribution in [0.3, 0.4) is 0 Å².